The van der Waals surface area contributed by atoms with Crippen LogP contribution in [0.25, 0.3) is 5.65 Å². The van der Waals surface area contributed by atoms with Gasteiger partial charge in [0.2, 0.25) is 5.91 Å². The number of pyridine rings is 1. The van der Waals surface area contributed by atoms with Crippen molar-refractivity contribution in [3.8, 4) is 0 Å². The van der Waals surface area contributed by atoms with E-state index in [0.29, 0.717) is 22.8 Å². The Hall–Kier alpha value is -1.59. The van der Waals surface area contributed by atoms with Crippen LogP contribution in [0.5, 0.6) is 0 Å². The predicted molar refractivity (Wildman–Crippen MR) is 89.3 cm³/mol. The van der Waals surface area contributed by atoms with Gasteiger partial charge in [0.15, 0.2) is 0 Å². The second kappa shape index (κ2) is 5.80. The summed E-state index contributed by atoms with van der Waals surface area (Å²) in [5, 5.41) is 0.711. The van der Waals surface area contributed by atoms with Crippen molar-refractivity contribution in [1.29, 1.82) is 0 Å². The molecule has 2 aromatic rings. The normalized spacial score (nSPS) is 25.0. The van der Waals surface area contributed by atoms with Crippen LogP contribution in [0.3, 0.4) is 0 Å². The highest BCUT2D eigenvalue weighted by molar-refractivity contribution is 6.30. The Balaban J connectivity index is 1.36. The number of aromatic nitrogens is 2. The second-order valence-electron chi connectivity index (χ2n) is 6.77. The van der Waals surface area contributed by atoms with Crippen LogP contribution in [0.1, 0.15) is 19.0 Å². The van der Waals surface area contributed by atoms with Crippen molar-refractivity contribution < 1.29 is 4.79 Å². The van der Waals surface area contributed by atoms with E-state index in [0.717, 1.165) is 50.5 Å². The molecule has 2 fully saturated rings. The Morgan fingerprint density at radius 1 is 1.26 bits per heavy atom. The molecular formula is C17H21ClN4O. The van der Waals surface area contributed by atoms with Gasteiger partial charge in [0.05, 0.1) is 10.7 Å². The number of hydrogen-bond donors (Lipinski definition) is 0. The molecule has 2 atom stereocenters. The Bertz CT molecular complexity index is 735. The summed E-state index contributed by atoms with van der Waals surface area (Å²) in [5.74, 6) is 1.24. The summed E-state index contributed by atoms with van der Waals surface area (Å²) in [5.41, 5.74) is 1.96. The topological polar surface area (TPSA) is 40.9 Å². The standard InChI is InChI=1S/C17H21ClN4O/c1-12-8-15(12)17(23)21-6-4-20(5-7-21)10-14-11-22-9-13(18)2-3-16(22)19-14/h2-3,9,11-12,15H,4-8,10H2,1H3/t12-,15+/m0/s1. The molecule has 0 N–H and O–H groups in total. The Morgan fingerprint density at radius 2 is 2.00 bits per heavy atom. The van der Waals surface area contributed by atoms with Crippen LogP contribution < -0.4 is 0 Å². The van der Waals surface area contributed by atoms with E-state index in [-0.39, 0.29) is 0 Å². The van der Waals surface area contributed by atoms with Gasteiger partial charge in [-0.15, -0.1) is 0 Å². The molecule has 1 amide bonds. The third-order valence-corrected chi connectivity index (χ3v) is 5.18. The van der Waals surface area contributed by atoms with E-state index in [4.69, 9.17) is 11.6 Å². The van der Waals surface area contributed by atoms with Gasteiger partial charge in [-0.05, 0) is 24.5 Å². The first kappa shape index (κ1) is 15.0. The first-order valence-electron chi connectivity index (χ1n) is 8.24. The maximum Gasteiger partial charge on any atom is 0.226 e. The van der Waals surface area contributed by atoms with E-state index in [1.807, 2.05) is 33.8 Å². The molecule has 1 saturated heterocycles. The van der Waals surface area contributed by atoms with Gasteiger partial charge >= 0.3 is 0 Å². The highest BCUT2D eigenvalue weighted by atomic mass is 35.5. The molecule has 6 heteroatoms. The summed E-state index contributed by atoms with van der Waals surface area (Å²) in [7, 11) is 0. The van der Waals surface area contributed by atoms with Gasteiger partial charge in [-0.2, -0.15) is 0 Å². The molecule has 0 unspecified atom stereocenters. The minimum absolute atomic E-state index is 0.296. The minimum atomic E-state index is 0.296. The number of imidazole rings is 1. The van der Waals surface area contributed by atoms with E-state index in [2.05, 4.69) is 16.8 Å². The number of halogens is 1. The van der Waals surface area contributed by atoms with Gasteiger partial charge < -0.3 is 9.30 Å². The molecule has 1 saturated carbocycles. The van der Waals surface area contributed by atoms with E-state index < -0.39 is 0 Å². The maximum atomic E-state index is 12.3. The molecule has 1 aliphatic carbocycles. The van der Waals surface area contributed by atoms with Crippen LogP contribution >= 0.6 is 11.6 Å². The summed E-state index contributed by atoms with van der Waals surface area (Å²) in [4.78, 5) is 21.3. The molecule has 23 heavy (non-hydrogen) atoms. The molecule has 0 bridgehead atoms. The largest absolute Gasteiger partial charge is 0.340 e. The maximum absolute atomic E-state index is 12.3. The molecule has 3 heterocycles. The SMILES string of the molecule is C[C@H]1C[C@H]1C(=O)N1CCN(Cc2cn3cc(Cl)ccc3n2)CC1. The van der Waals surface area contributed by atoms with E-state index in [1.54, 1.807) is 0 Å². The smallest absolute Gasteiger partial charge is 0.226 e. The van der Waals surface area contributed by atoms with Crippen LogP contribution in [-0.2, 0) is 11.3 Å². The number of nitrogens with zero attached hydrogens (tertiary/aromatic N) is 4. The van der Waals surface area contributed by atoms with Crippen molar-refractivity contribution in [3.63, 3.8) is 0 Å². The molecule has 0 aromatic carbocycles. The molecule has 2 aliphatic rings. The van der Waals surface area contributed by atoms with Crippen LogP contribution in [-0.4, -0.2) is 51.3 Å². The van der Waals surface area contributed by atoms with Gasteiger partial charge in [-0.3, -0.25) is 9.69 Å². The number of piperazine rings is 1. The molecule has 4 rings (SSSR count). The van der Waals surface area contributed by atoms with Crippen molar-refractivity contribution >= 4 is 23.2 Å². The Labute approximate surface area is 140 Å². The van der Waals surface area contributed by atoms with Crippen molar-refractivity contribution in [2.75, 3.05) is 26.2 Å². The first-order valence-corrected chi connectivity index (χ1v) is 8.62. The fourth-order valence-electron chi connectivity index (χ4n) is 3.35. The third kappa shape index (κ3) is 3.08. The fraction of sp³-hybridized carbons (Fsp3) is 0.529. The highest BCUT2D eigenvalue weighted by Crippen LogP contribution is 2.39. The molecule has 1 aliphatic heterocycles. The van der Waals surface area contributed by atoms with Gasteiger partial charge in [-0.25, -0.2) is 4.98 Å². The minimum Gasteiger partial charge on any atom is -0.340 e. The van der Waals surface area contributed by atoms with Crippen LogP contribution in [0.15, 0.2) is 24.5 Å². The summed E-state index contributed by atoms with van der Waals surface area (Å²) in [6.07, 6.45) is 4.98. The predicted octanol–water partition coefficient (Wildman–Crippen LogP) is 2.29. The lowest BCUT2D eigenvalue weighted by Gasteiger charge is -2.34. The number of hydrogen-bond acceptors (Lipinski definition) is 3. The van der Waals surface area contributed by atoms with Crippen molar-refractivity contribution in [3.05, 3.63) is 35.2 Å². The van der Waals surface area contributed by atoms with Crippen LogP contribution in [0.4, 0.5) is 0 Å². The van der Waals surface area contributed by atoms with Crippen LogP contribution in [0, 0.1) is 11.8 Å². The second-order valence-corrected chi connectivity index (χ2v) is 7.20. The molecule has 0 spiro atoms. The van der Waals surface area contributed by atoms with Crippen LogP contribution in [0.2, 0.25) is 5.02 Å². The van der Waals surface area contributed by atoms with E-state index in [1.165, 1.54) is 0 Å². The van der Waals surface area contributed by atoms with E-state index >= 15 is 0 Å². The zero-order chi connectivity index (χ0) is 16.0. The number of carbonyl (C=O) groups excluding carboxylic acids is 1. The Kier molecular flexibility index (Phi) is 3.77. The molecule has 122 valence electrons. The number of rotatable bonds is 3. The van der Waals surface area contributed by atoms with Crippen molar-refractivity contribution in [2.24, 2.45) is 11.8 Å². The molecule has 2 aromatic heterocycles. The number of carbonyl (C=O) groups is 1. The highest BCUT2D eigenvalue weighted by Gasteiger charge is 2.41. The van der Waals surface area contributed by atoms with Gasteiger partial charge in [0.25, 0.3) is 0 Å². The van der Waals surface area contributed by atoms with Gasteiger partial charge in [0.1, 0.15) is 5.65 Å². The summed E-state index contributed by atoms with van der Waals surface area (Å²) >= 11 is 6.01. The lowest BCUT2D eigenvalue weighted by atomic mass is 10.2. The Morgan fingerprint density at radius 3 is 2.70 bits per heavy atom. The first-order chi connectivity index (χ1) is 11.1. The monoisotopic (exact) mass is 332 g/mol. The summed E-state index contributed by atoms with van der Waals surface area (Å²) in [6, 6.07) is 3.79. The lowest BCUT2D eigenvalue weighted by molar-refractivity contribution is -0.134. The molecule has 0 radical (unpaired) electrons. The van der Waals surface area contributed by atoms with Crippen molar-refractivity contribution in [1.82, 2.24) is 19.2 Å². The fourth-order valence-corrected chi connectivity index (χ4v) is 3.52. The third-order valence-electron chi connectivity index (χ3n) is 4.96. The number of amides is 1. The van der Waals surface area contributed by atoms with Gasteiger partial charge in [-0.1, -0.05) is 18.5 Å². The average molecular weight is 333 g/mol. The van der Waals surface area contributed by atoms with Crippen molar-refractivity contribution in [2.45, 2.75) is 19.9 Å². The zero-order valence-corrected chi connectivity index (χ0v) is 14.0. The summed E-state index contributed by atoms with van der Waals surface area (Å²) < 4.78 is 1.96. The average Bonchev–Trinajstić information content (AvgIpc) is 3.13. The summed E-state index contributed by atoms with van der Waals surface area (Å²) in [6.45, 7) is 6.49. The number of fused-ring (bicyclic) bond motifs is 1. The lowest BCUT2D eigenvalue weighted by Crippen LogP contribution is -2.48. The molecule has 5 nitrogen and oxygen atoms in total. The van der Waals surface area contributed by atoms with E-state index in [9.17, 15) is 4.79 Å². The zero-order valence-electron chi connectivity index (χ0n) is 13.3. The van der Waals surface area contributed by atoms with Gasteiger partial charge in [0, 0.05) is 51.0 Å². The molecular weight excluding hydrogens is 312 g/mol. The quantitative estimate of drug-likeness (QED) is 0.866.